The van der Waals surface area contributed by atoms with Gasteiger partial charge in [-0.15, -0.1) is 0 Å². The van der Waals surface area contributed by atoms with Crippen molar-refractivity contribution in [3.05, 3.63) is 70.5 Å². The normalized spacial score (nSPS) is 15.8. The highest BCUT2D eigenvalue weighted by Gasteiger charge is 2.23. The largest absolute Gasteiger partial charge is 0.306 e. The fourth-order valence-corrected chi connectivity index (χ4v) is 2.83. The van der Waals surface area contributed by atoms with Gasteiger partial charge < -0.3 is 5.32 Å². The molecule has 0 radical (unpaired) electrons. The van der Waals surface area contributed by atoms with Gasteiger partial charge in [-0.25, -0.2) is 4.39 Å². The van der Waals surface area contributed by atoms with Crippen LogP contribution in [0.5, 0.6) is 0 Å². The van der Waals surface area contributed by atoms with Crippen LogP contribution < -0.4 is 5.32 Å². The maximum atomic E-state index is 13.6. The lowest BCUT2D eigenvalue weighted by molar-refractivity contribution is 0.569. The average molecular weight is 297 g/mol. The third-order valence-electron chi connectivity index (χ3n) is 4.54. The maximum Gasteiger partial charge on any atom is 0.126 e. The summed E-state index contributed by atoms with van der Waals surface area (Å²) < 4.78 is 13.6. The van der Waals surface area contributed by atoms with Gasteiger partial charge in [0.1, 0.15) is 5.82 Å². The first-order valence-electron chi connectivity index (χ1n) is 8.25. The van der Waals surface area contributed by atoms with Crippen molar-refractivity contribution in [3.63, 3.8) is 0 Å². The minimum atomic E-state index is -0.133. The van der Waals surface area contributed by atoms with Crippen molar-refractivity contribution >= 4 is 0 Å². The van der Waals surface area contributed by atoms with Crippen LogP contribution in [0.25, 0.3) is 0 Å². The van der Waals surface area contributed by atoms with Gasteiger partial charge in [-0.2, -0.15) is 0 Å². The summed E-state index contributed by atoms with van der Waals surface area (Å²) in [5, 5.41) is 3.68. The second-order valence-corrected chi connectivity index (χ2v) is 6.39. The summed E-state index contributed by atoms with van der Waals surface area (Å²) in [5.41, 5.74) is 4.45. The second-order valence-electron chi connectivity index (χ2n) is 6.39. The van der Waals surface area contributed by atoms with Gasteiger partial charge >= 0.3 is 0 Å². The molecule has 1 saturated carbocycles. The molecule has 116 valence electrons. The highest BCUT2D eigenvalue weighted by Crippen LogP contribution is 2.30. The smallest absolute Gasteiger partial charge is 0.126 e. The van der Waals surface area contributed by atoms with E-state index in [1.807, 2.05) is 19.1 Å². The summed E-state index contributed by atoms with van der Waals surface area (Å²) in [6.45, 7) is 5.04. The van der Waals surface area contributed by atoms with Crippen LogP contribution in [0.3, 0.4) is 0 Å². The number of benzene rings is 2. The molecule has 2 aromatic carbocycles. The predicted molar refractivity (Wildman–Crippen MR) is 89.5 cm³/mol. The number of aryl methyl sites for hydroxylation is 2. The van der Waals surface area contributed by atoms with Crippen LogP contribution in [-0.4, -0.2) is 6.54 Å². The Morgan fingerprint density at radius 1 is 1.09 bits per heavy atom. The van der Waals surface area contributed by atoms with Crippen LogP contribution in [0.15, 0.2) is 42.5 Å². The zero-order valence-corrected chi connectivity index (χ0v) is 13.4. The Bertz CT molecular complexity index is 629. The molecule has 1 aliphatic carbocycles. The quantitative estimate of drug-likeness (QED) is 0.808. The second kappa shape index (κ2) is 6.62. The van der Waals surface area contributed by atoms with Gasteiger partial charge in [0.05, 0.1) is 6.04 Å². The fourth-order valence-electron chi connectivity index (χ4n) is 2.83. The van der Waals surface area contributed by atoms with Crippen LogP contribution in [0.4, 0.5) is 4.39 Å². The Hall–Kier alpha value is -1.67. The SMILES string of the molecule is CCc1ccc(C(NCC2CC2)c2ccc(F)c(C)c2)cc1. The third kappa shape index (κ3) is 3.56. The van der Waals surface area contributed by atoms with Gasteiger partial charge in [0.2, 0.25) is 0 Å². The van der Waals surface area contributed by atoms with Crippen molar-refractivity contribution in [3.8, 4) is 0 Å². The van der Waals surface area contributed by atoms with Crippen molar-refractivity contribution < 1.29 is 4.39 Å². The molecule has 1 unspecified atom stereocenters. The highest BCUT2D eigenvalue weighted by atomic mass is 19.1. The minimum absolute atomic E-state index is 0.133. The highest BCUT2D eigenvalue weighted by molar-refractivity contribution is 5.36. The first-order chi connectivity index (χ1) is 10.7. The first-order valence-corrected chi connectivity index (χ1v) is 8.25. The number of nitrogens with one attached hydrogen (secondary N) is 1. The molecule has 0 bridgehead atoms. The van der Waals surface area contributed by atoms with Crippen LogP contribution in [-0.2, 0) is 6.42 Å². The Kier molecular flexibility index (Phi) is 4.58. The summed E-state index contributed by atoms with van der Waals surface area (Å²) in [6, 6.07) is 14.4. The van der Waals surface area contributed by atoms with Gasteiger partial charge in [-0.1, -0.05) is 43.3 Å². The molecule has 0 aromatic heterocycles. The molecule has 0 aliphatic heterocycles. The monoisotopic (exact) mass is 297 g/mol. The molecule has 2 aromatic rings. The van der Waals surface area contributed by atoms with Gasteiger partial charge in [-0.3, -0.25) is 0 Å². The van der Waals surface area contributed by atoms with E-state index in [0.717, 1.165) is 24.4 Å². The van der Waals surface area contributed by atoms with Crippen molar-refractivity contribution in [2.75, 3.05) is 6.54 Å². The lowest BCUT2D eigenvalue weighted by Gasteiger charge is -2.21. The van der Waals surface area contributed by atoms with Gasteiger partial charge in [0.15, 0.2) is 0 Å². The molecular weight excluding hydrogens is 273 g/mol. The van der Waals surface area contributed by atoms with E-state index in [1.54, 1.807) is 6.07 Å². The lowest BCUT2D eigenvalue weighted by Crippen LogP contribution is -2.24. The molecule has 1 N–H and O–H groups in total. The van der Waals surface area contributed by atoms with Gasteiger partial charge in [0, 0.05) is 0 Å². The molecule has 1 nitrogen and oxygen atoms in total. The minimum Gasteiger partial charge on any atom is -0.306 e. The van der Waals surface area contributed by atoms with Crippen LogP contribution in [0.2, 0.25) is 0 Å². The maximum absolute atomic E-state index is 13.6. The number of halogens is 1. The fraction of sp³-hybridized carbons (Fsp3) is 0.400. The molecule has 3 rings (SSSR count). The first kappa shape index (κ1) is 15.2. The van der Waals surface area contributed by atoms with E-state index in [4.69, 9.17) is 0 Å². The van der Waals surface area contributed by atoms with E-state index in [0.29, 0.717) is 5.56 Å². The Morgan fingerprint density at radius 3 is 2.36 bits per heavy atom. The summed E-state index contributed by atoms with van der Waals surface area (Å²) in [4.78, 5) is 0. The summed E-state index contributed by atoms with van der Waals surface area (Å²) >= 11 is 0. The van der Waals surface area contributed by atoms with E-state index in [9.17, 15) is 4.39 Å². The third-order valence-corrected chi connectivity index (χ3v) is 4.54. The van der Waals surface area contributed by atoms with E-state index in [-0.39, 0.29) is 11.9 Å². The van der Waals surface area contributed by atoms with E-state index >= 15 is 0 Å². The van der Waals surface area contributed by atoms with Crippen LogP contribution in [0, 0.1) is 18.7 Å². The van der Waals surface area contributed by atoms with E-state index in [1.165, 1.54) is 24.0 Å². The molecule has 1 aliphatic rings. The molecular formula is C20H24FN. The lowest BCUT2D eigenvalue weighted by atomic mass is 9.96. The van der Waals surface area contributed by atoms with Gasteiger partial charge in [-0.05, 0) is 67.0 Å². The molecule has 1 fully saturated rings. The predicted octanol–water partition coefficient (Wildman–Crippen LogP) is 4.79. The summed E-state index contributed by atoms with van der Waals surface area (Å²) in [6.07, 6.45) is 3.71. The number of hydrogen-bond donors (Lipinski definition) is 1. The van der Waals surface area contributed by atoms with Crippen molar-refractivity contribution in [1.29, 1.82) is 0 Å². The topological polar surface area (TPSA) is 12.0 Å². The zero-order chi connectivity index (χ0) is 15.5. The Labute approximate surface area is 132 Å². The Balaban J connectivity index is 1.88. The van der Waals surface area contributed by atoms with Crippen LogP contribution in [0.1, 0.15) is 48.1 Å². The van der Waals surface area contributed by atoms with E-state index in [2.05, 4.69) is 36.5 Å². The molecule has 0 spiro atoms. The summed E-state index contributed by atoms with van der Waals surface area (Å²) in [5.74, 6) is 0.685. The van der Waals surface area contributed by atoms with Crippen LogP contribution >= 0.6 is 0 Å². The Morgan fingerprint density at radius 2 is 1.77 bits per heavy atom. The number of rotatable bonds is 6. The van der Waals surface area contributed by atoms with E-state index < -0.39 is 0 Å². The standard InChI is InChI=1S/C20H24FN/c1-3-15-6-8-17(9-7-15)20(22-13-16-4-5-16)18-10-11-19(21)14(2)12-18/h6-12,16,20,22H,3-5,13H2,1-2H3. The molecule has 0 saturated heterocycles. The summed E-state index contributed by atoms with van der Waals surface area (Å²) in [7, 11) is 0. The molecule has 2 heteroatoms. The average Bonchev–Trinajstić information content (AvgIpc) is 3.36. The number of hydrogen-bond acceptors (Lipinski definition) is 1. The molecule has 0 amide bonds. The van der Waals surface area contributed by atoms with Gasteiger partial charge in [0.25, 0.3) is 0 Å². The zero-order valence-electron chi connectivity index (χ0n) is 13.4. The molecule has 0 heterocycles. The van der Waals surface area contributed by atoms with Crippen molar-refractivity contribution in [1.82, 2.24) is 5.32 Å². The molecule has 22 heavy (non-hydrogen) atoms. The molecule has 1 atom stereocenters. The van der Waals surface area contributed by atoms with Crippen molar-refractivity contribution in [2.45, 2.75) is 39.2 Å². The van der Waals surface area contributed by atoms with Crippen molar-refractivity contribution in [2.24, 2.45) is 5.92 Å².